The van der Waals surface area contributed by atoms with E-state index in [4.69, 9.17) is 9.84 Å². The second-order valence-corrected chi connectivity index (χ2v) is 3.05. The summed E-state index contributed by atoms with van der Waals surface area (Å²) in [4.78, 5) is 24.6. The van der Waals surface area contributed by atoms with Gasteiger partial charge in [0.25, 0.3) is 0 Å². The van der Waals surface area contributed by atoms with Crippen molar-refractivity contribution in [1.82, 2.24) is 4.98 Å². The van der Waals surface area contributed by atoms with Crippen LogP contribution in [0.1, 0.15) is 30.3 Å². The first kappa shape index (κ1) is 11.3. The van der Waals surface area contributed by atoms with Crippen LogP contribution >= 0.6 is 0 Å². The second-order valence-electron chi connectivity index (χ2n) is 3.05. The molecule has 15 heavy (non-hydrogen) atoms. The minimum atomic E-state index is -1.20. The fourth-order valence-corrected chi connectivity index (χ4v) is 1.09. The number of unbranched alkanes of at least 4 members (excludes halogenated alkanes) is 1. The highest BCUT2D eigenvalue weighted by Gasteiger charge is 2.14. The summed E-state index contributed by atoms with van der Waals surface area (Å²) in [6, 6.07) is 1.24. The molecule has 0 fully saturated rings. The number of carboxylic acids is 1. The van der Waals surface area contributed by atoms with E-state index in [2.05, 4.69) is 4.98 Å². The molecule has 0 atom stereocenters. The van der Waals surface area contributed by atoms with E-state index in [1.807, 2.05) is 6.92 Å². The summed E-state index contributed by atoms with van der Waals surface area (Å²) >= 11 is 0. The van der Waals surface area contributed by atoms with Gasteiger partial charge in [0.15, 0.2) is 11.4 Å². The predicted octanol–water partition coefficient (Wildman–Crippen LogP) is 1.25. The quantitative estimate of drug-likeness (QED) is 0.718. The number of hydrogen-bond donors (Lipinski definition) is 2. The van der Waals surface area contributed by atoms with E-state index in [-0.39, 0.29) is 11.4 Å². The van der Waals surface area contributed by atoms with E-state index in [1.54, 1.807) is 0 Å². The van der Waals surface area contributed by atoms with Gasteiger partial charge in [0.05, 0.1) is 6.61 Å². The SMILES string of the molecule is CCCCOc1c(C(=O)O)[nH]ccc1=O. The zero-order valence-corrected chi connectivity index (χ0v) is 8.45. The average Bonchev–Trinajstić information content (AvgIpc) is 2.20. The van der Waals surface area contributed by atoms with Crippen molar-refractivity contribution in [2.45, 2.75) is 19.8 Å². The van der Waals surface area contributed by atoms with Crippen LogP contribution in [0.25, 0.3) is 0 Å². The topological polar surface area (TPSA) is 79.4 Å². The van der Waals surface area contributed by atoms with Gasteiger partial charge in [0.2, 0.25) is 5.43 Å². The predicted molar refractivity (Wildman–Crippen MR) is 54.4 cm³/mol. The number of carbonyl (C=O) groups is 1. The first-order chi connectivity index (χ1) is 7.16. The first-order valence-corrected chi connectivity index (χ1v) is 4.74. The van der Waals surface area contributed by atoms with Crippen LogP contribution in [-0.4, -0.2) is 22.7 Å². The van der Waals surface area contributed by atoms with Gasteiger partial charge < -0.3 is 14.8 Å². The smallest absolute Gasteiger partial charge is 0.356 e. The number of hydrogen-bond acceptors (Lipinski definition) is 3. The van der Waals surface area contributed by atoms with E-state index in [1.165, 1.54) is 12.3 Å². The Bertz CT molecular complexity index is 397. The molecule has 2 N–H and O–H groups in total. The number of aromatic nitrogens is 1. The molecular weight excluding hydrogens is 198 g/mol. The van der Waals surface area contributed by atoms with E-state index in [9.17, 15) is 9.59 Å². The van der Waals surface area contributed by atoms with Gasteiger partial charge in [-0.05, 0) is 6.42 Å². The molecule has 0 saturated carbocycles. The summed E-state index contributed by atoms with van der Waals surface area (Å²) in [5.74, 6) is -1.31. The van der Waals surface area contributed by atoms with E-state index in [0.717, 1.165) is 12.8 Å². The number of H-pyrrole nitrogens is 1. The van der Waals surface area contributed by atoms with Crippen molar-refractivity contribution in [1.29, 1.82) is 0 Å². The third kappa shape index (κ3) is 2.83. The summed E-state index contributed by atoms with van der Waals surface area (Å²) < 4.78 is 5.15. The van der Waals surface area contributed by atoms with Crippen molar-refractivity contribution < 1.29 is 14.6 Å². The Kier molecular flexibility index (Phi) is 3.91. The van der Waals surface area contributed by atoms with E-state index >= 15 is 0 Å². The van der Waals surface area contributed by atoms with Crippen molar-refractivity contribution in [2.75, 3.05) is 6.61 Å². The molecule has 0 aliphatic rings. The molecule has 1 rings (SSSR count). The minimum absolute atomic E-state index is 0.113. The lowest BCUT2D eigenvalue weighted by Crippen LogP contribution is -2.15. The summed E-state index contributed by atoms with van der Waals surface area (Å²) in [5, 5.41) is 8.80. The largest absolute Gasteiger partial charge is 0.487 e. The molecule has 0 radical (unpaired) electrons. The molecule has 5 nitrogen and oxygen atoms in total. The Morgan fingerprint density at radius 1 is 1.60 bits per heavy atom. The molecule has 1 aromatic heterocycles. The Hall–Kier alpha value is -1.78. The van der Waals surface area contributed by atoms with Gasteiger partial charge in [-0.25, -0.2) is 4.79 Å². The highest BCUT2D eigenvalue weighted by atomic mass is 16.5. The number of ether oxygens (including phenoxy) is 1. The molecule has 0 aliphatic heterocycles. The lowest BCUT2D eigenvalue weighted by Gasteiger charge is -2.06. The lowest BCUT2D eigenvalue weighted by atomic mass is 10.3. The molecule has 0 amide bonds. The van der Waals surface area contributed by atoms with Gasteiger partial charge in [-0.15, -0.1) is 0 Å². The van der Waals surface area contributed by atoms with Crippen LogP contribution in [-0.2, 0) is 0 Å². The normalized spacial score (nSPS) is 9.93. The van der Waals surface area contributed by atoms with Crippen LogP contribution in [0, 0.1) is 0 Å². The molecular formula is C10H13NO4. The van der Waals surface area contributed by atoms with Gasteiger partial charge >= 0.3 is 5.97 Å². The maximum absolute atomic E-state index is 11.3. The third-order valence-electron chi connectivity index (χ3n) is 1.87. The van der Waals surface area contributed by atoms with Gasteiger partial charge in [-0.3, -0.25) is 4.79 Å². The van der Waals surface area contributed by atoms with Crippen molar-refractivity contribution in [3.63, 3.8) is 0 Å². The molecule has 1 heterocycles. The highest BCUT2D eigenvalue weighted by molar-refractivity contribution is 5.88. The van der Waals surface area contributed by atoms with Crippen LogP contribution in [0.2, 0.25) is 0 Å². The number of carboxylic acid groups (broad SMARTS) is 1. The van der Waals surface area contributed by atoms with E-state index in [0.29, 0.717) is 6.61 Å². The molecule has 1 aromatic rings. The van der Waals surface area contributed by atoms with Crippen molar-refractivity contribution in [2.24, 2.45) is 0 Å². The highest BCUT2D eigenvalue weighted by Crippen LogP contribution is 2.09. The zero-order valence-electron chi connectivity index (χ0n) is 8.45. The maximum Gasteiger partial charge on any atom is 0.356 e. The molecule has 82 valence electrons. The minimum Gasteiger partial charge on any atom is -0.487 e. The third-order valence-corrected chi connectivity index (χ3v) is 1.87. The lowest BCUT2D eigenvalue weighted by molar-refractivity contribution is 0.0685. The number of nitrogens with one attached hydrogen (secondary N) is 1. The van der Waals surface area contributed by atoms with Crippen LogP contribution in [0.4, 0.5) is 0 Å². The summed E-state index contributed by atoms with van der Waals surface area (Å²) in [6.45, 7) is 2.33. The van der Waals surface area contributed by atoms with Gasteiger partial charge in [0, 0.05) is 12.3 Å². The summed E-state index contributed by atoms with van der Waals surface area (Å²) in [7, 11) is 0. The van der Waals surface area contributed by atoms with Crippen LogP contribution < -0.4 is 10.2 Å². The van der Waals surface area contributed by atoms with Crippen molar-refractivity contribution >= 4 is 5.97 Å². The maximum atomic E-state index is 11.3. The number of pyridine rings is 1. The number of aromatic carboxylic acids is 1. The molecule has 0 aromatic carbocycles. The Balaban J connectivity index is 2.93. The monoisotopic (exact) mass is 211 g/mol. The molecule has 5 heteroatoms. The van der Waals surface area contributed by atoms with Crippen LogP contribution in [0.15, 0.2) is 17.1 Å². The van der Waals surface area contributed by atoms with Crippen LogP contribution in [0.3, 0.4) is 0 Å². The fraction of sp³-hybridized carbons (Fsp3) is 0.400. The molecule has 0 spiro atoms. The first-order valence-electron chi connectivity index (χ1n) is 4.74. The second kappa shape index (κ2) is 5.19. The average molecular weight is 211 g/mol. The fourth-order valence-electron chi connectivity index (χ4n) is 1.09. The van der Waals surface area contributed by atoms with E-state index < -0.39 is 11.4 Å². The van der Waals surface area contributed by atoms with Gasteiger partial charge in [-0.2, -0.15) is 0 Å². The number of rotatable bonds is 5. The van der Waals surface area contributed by atoms with Crippen molar-refractivity contribution in [3.05, 3.63) is 28.2 Å². The van der Waals surface area contributed by atoms with Crippen molar-refractivity contribution in [3.8, 4) is 5.75 Å². The zero-order chi connectivity index (χ0) is 11.3. The Morgan fingerprint density at radius 3 is 2.93 bits per heavy atom. The Morgan fingerprint density at radius 2 is 2.33 bits per heavy atom. The molecule has 0 bridgehead atoms. The molecule has 0 unspecified atom stereocenters. The molecule has 0 aliphatic carbocycles. The number of aromatic amines is 1. The van der Waals surface area contributed by atoms with Crippen LogP contribution in [0.5, 0.6) is 5.75 Å². The Labute approximate surface area is 86.7 Å². The molecule has 0 saturated heterocycles. The standard InChI is InChI=1S/C10H13NO4/c1-2-3-6-15-9-7(12)4-5-11-8(9)10(13)14/h4-5H,2-3,6H2,1H3,(H,11,12)(H,13,14). The summed E-state index contributed by atoms with van der Waals surface area (Å²) in [6.07, 6.45) is 3.00. The summed E-state index contributed by atoms with van der Waals surface area (Å²) in [5.41, 5.74) is -0.610. The van der Waals surface area contributed by atoms with Gasteiger partial charge in [-0.1, -0.05) is 13.3 Å². The van der Waals surface area contributed by atoms with Gasteiger partial charge in [0.1, 0.15) is 0 Å².